The van der Waals surface area contributed by atoms with Gasteiger partial charge in [-0.05, 0) is 44.0 Å². The van der Waals surface area contributed by atoms with Gasteiger partial charge in [-0.3, -0.25) is 4.79 Å². The summed E-state index contributed by atoms with van der Waals surface area (Å²) >= 11 is 0. The first-order valence-electron chi connectivity index (χ1n) is 6.80. The maximum absolute atomic E-state index is 11.7. The van der Waals surface area contributed by atoms with Crippen LogP contribution in [0.2, 0.25) is 0 Å². The molecule has 1 atom stereocenters. The first-order valence-corrected chi connectivity index (χ1v) is 6.80. The Morgan fingerprint density at radius 2 is 1.95 bits per heavy atom. The highest BCUT2D eigenvalue weighted by Gasteiger charge is 2.09. The predicted molar refractivity (Wildman–Crippen MR) is 77.1 cm³/mol. The average molecular weight is 264 g/mol. The SMILES string of the molecule is COc1ccc([C@@H](C)NC(=O)CCCCCN)cc1. The molecule has 0 unspecified atom stereocenters. The van der Waals surface area contributed by atoms with Crippen LogP contribution in [-0.2, 0) is 4.79 Å². The lowest BCUT2D eigenvalue weighted by atomic mass is 10.1. The fraction of sp³-hybridized carbons (Fsp3) is 0.533. The Hall–Kier alpha value is -1.55. The van der Waals surface area contributed by atoms with Crippen LogP contribution in [0.3, 0.4) is 0 Å². The number of rotatable bonds is 8. The van der Waals surface area contributed by atoms with Gasteiger partial charge in [-0.25, -0.2) is 0 Å². The molecule has 1 amide bonds. The van der Waals surface area contributed by atoms with Crippen molar-refractivity contribution in [3.05, 3.63) is 29.8 Å². The van der Waals surface area contributed by atoms with Crippen molar-refractivity contribution in [2.24, 2.45) is 5.73 Å². The second-order valence-electron chi connectivity index (χ2n) is 4.66. The molecule has 3 N–H and O–H groups in total. The van der Waals surface area contributed by atoms with Gasteiger partial charge in [0, 0.05) is 6.42 Å². The van der Waals surface area contributed by atoms with Crippen LogP contribution in [-0.4, -0.2) is 19.6 Å². The standard InChI is InChI=1S/C15H24N2O2/c1-12(13-7-9-14(19-2)10-8-13)17-15(18)6-4-3-5-11-16/h7-10,12H,3-6,11,16H2,1-2H3,(H,17,18)/t12-/m1/s1. The predicted octanol–water partition coefficient (Wildman–Crippen LogP) is 2.39. The quantitative estimate of drug-likeness (QED) is 0.709. The van der Waals surface area contributed by atoms with Crippen LogP contribution in [0.5, 0.6) is 5.75 Å². The molecular formula is C15H24N2O2. The number of nitrogens with two attached hydrogens (primary N) is 1. The van der Waals surface area contributed by atoms with E-state index >= 15 is 0 Å². The van der Waals surface area contributed by atoms with Crippen molar-refractivity contribution >= 4 is 5.91 Å². The van der Waals surface area contributed by atoms with Gasteiger partial charge in [0.25, 0.3) is 0 Å². The van der Waals surface area contributed by atoms with Crippen molar-refractivity contribution in [3.63, 3.8) is 0 Å². The number of amides is 1. The number of ether oxygens (including phenoxy) is 1. The fourth-order valence-corrected chi connectivity index (χ4v) is 1.90. The molecule has 0 saturated heterocycles. The highest BCUT2D eigenvalue weighted by molar-refractivity contribution is 5.76. The zero-order valence-corrected chi connectivity index (χ0v) is 11.8. The maximum atomic E-state index is 11.7. The summed E-state index contributed by atoms with van der Waals surface area (Å²) in [5, 5.41) is 3.00. The van der Waals surface area contributed by atoms with Gasteiger partial charge in [-0.1, -0.05) is 18.6 Å². The molecule has 0 fully saturated rings. The van der Waals surface area contributed by atoms with E-state index < -0.39 is 0 Å². The van der Waals surface area contributed by atoms with Crippen molar-refractivity contribution in [2.45, 2.75) is 38.6 Å². The Morgan fingerprint density at radius 1 is 1.26 bits per heavy atom. The minimum absolute atomic E-state index is 0.0212. The van der Waals surface area contributed by atoms with Crippen LogP contribution in [0.25, 0.3) is 0 Å². The average Bonchev–Trinajstić information content (AvgIpc) is 2.43. The van der Waals surface area contributed by atoms with Crippen LogP contribution in [0.1, 0.15) is 44.2 Å². The molecule has 0 bridgehead atoms. The molecule has 4 heteroatoms. The number of methoxy groups -OCH3 is 1. The highest BCUT2D eigenvalue weighted by Crippen LogP contribution is 2.17. The number of hydrogen-bond acceptors (Lipinski definition) is 3. The van der Waals surface area contributed by atoms with E-state index in [9.17, 15) is 4.79 Å². The largest absolute Gasteiger partial charge is 0.497 e. The highest BCUT2D eigenvalue weighted by atomic mass is 16.5. The summed E-state index contributed by atoms with van der Waals surface area (Å²) in [5.74, 6) is 0.921. The Morgan fingerprint density at radius 3 is 2.53 bits per heavy atom. The Labute approximate surface area is 115 Å². The topological polar surface area (TPSA) is 64.3 Å². The molecule has 19 heavy (non-hydrogen) atoms. The van der Waals surface area contributed by atoms with Crippen molar-refractivity contribution in [3.8, 4) is 5.75 Å². The number of unbranched alkanes of at least 4 members (excludes halogenated alkanes) is 2. The van der Waals surface area contributed by atoms with Crippen molar-refractivity contribution in [1.29, 1.82) is 0 Å². The lowest BCUT2D eigenvalue weighted by Gasteiger charge is -2.14. The lowest BCUT2D eigenvalue weighted by Crippen LogP contribution is -2.26. The Kier molecular flexibility index (Phi) is 6.97. The summed E-state index contributed by atoms with van der Waals surface area (Å²) in [7, 11) is 1.64. The summed E-state index contributed by atoms with van der Waals surface area (Å²) in [5.41, 5.74) is 6.49. The molecule has 1 aromatic rings. The number of hydrogen-bond donors (Lipinski definition) is 2. The van der Waals surface area contributed by atoms with Gasteiger partial charge < -0.3 is 15.8 Å². The van der Waals surface area contributed by atoms with E-state index in [-0.39, 0.29) is 11.9 Å². The molecule has 0 aliphatic rings. The Bertz CT molecular complexity index is 376. The first-order chi connectivity index (χ1) is 9.17. The maximum Gasteiger partial charge on any atom is 0.220 e. The second-order valence-corrected chi connectivity index (χ2v) is 4.66. The summed E-state index contributed by atoms with van der Waals surface area (Å²) in [6.45, 7) is 2.68. The van der Waals surface area contributed by atoms with Gasteiger partial charge in [0.2, 0.25) is 5.91 Å². The van der Waals surface area contributed by atoms with Gasteiger partial charge in [0.05, 0.1) is 13.2 Å². The molecule has 0 aliphatic carbocycles. The van der Waals surface area contributed by atoms with Crippen LogP contribution in [0, 0.1) is 0 Å². The first kappa shape index (κ1) is 15.5. The number of carbonyl (C=O) groups is 1. The van der Waals surface area contributed by atoms with Gasteiger partial charge in [0.15, 0.2) is 0 Å². The number of nitrogens with one attached hydrogen (secondary N) is 1. The van der Waals surface area contributed by atoms with E-state index in [0.29, 0.717) is 13.0 Å². The molecule has 0 aromatic heterocycles. The van der Waals surface area contributed by atoms with E-state index in [2.05, 4.69) is 5.32 Å². The van der Waals surface area contributed by atoms with Crippen LogP contribution in [0.4, 0.5) is 0 Å². The number of benzene rings is 1. The number of carbonyl (C=O) groups excluding carboxylic acids is 1. The van der Waals surface area contributed by atoms with Gasteiger partial charge in [-0.2, -0.15) is 0 Å². The van der Waals surface area contributed by atoms with E-state index in [1.54, 1.807) is 7.11 Å². The third-order valence-electron chi connectivity index (χ3n) is 3.10. The normalized spacial score (nSPS) is 11.9. The zero-order valence-electron chi connectivity index (χ0n) is 11.8. The van der Waals surface area contributed by atoms with Crippen molar-refractivity contribution < 1.29 is 9.53 Å². The van der Waals surface area contributed by atoms with Crippen LogP contribution < -0.4 is 15.8 Å². The molecule has 0 saturated carbocycles. The smallest absolute Gasteiger partial charge is 0.220 e. The van der Waals surface area contributed by atoms with Crippen molar-refractivity contribution in [2.75, 3.05) is 13.7 Å². The van der Waals surface area contributed by atoms with E-state index in [0.717, 1.165) is 30.6 Å². The minimum Gasteiger partial charge on any atom is -0.497 e. The third-order valence-corrected chi connectivity index (χ3v) is 3.10. The molecule has 1 aromatic carbocycles. The molecule has 106 valence electrons. The molecule has 0 radical (unpaired) electrons. The van der Waals surface area contributed by atoms with E-state index in [1.807, 2.05) is 31.2 Å². The van der Waals surface area contributed by atoms with E-state index in [4.69, 9.17) is 10.5 Å². The van der Waals surface area contributed by atoms with Gasteiger partial charge >= 0.3 is 0 Å². The summed E-state index contributed by atoms with van der Waals surface area (Å²) in [6, 6.07) is 7.77. The second kappa shape index (κ2) is 8.53. The van der Waals surface area contributed by atoms with E-state index in [1.165, 1.54) is 0 Å². The van der Waals surface area contributed by atoms with Crippen molar-refractivity contribution in [1.82, 2.24) is 5.32 Å². The van der Waals surface area contributed by atoms with Crippen LogP contribution >= 0.6 is 0 Å². The summed E-state index contributed by atoms with van der Waals surface area (Å²) in [6.07, 6.45) is 3.47. The molecule has 0 spiro atoms. The molecule has 1 rings (SSSR count). The molecule has 4 nitrogen and oxygen atoms in total. The lowest BCUT2D eigenvalue weighted by molar-refractivity contribution is -0.121. The molecule has 0 aliphatic heterocycles. The monoisotopic (exact) mass is 264 g/mol. The molecular weight excluding hydrogens is 240 g/mol. The van der Waals surface area contributed by atoms with Gasteiger partial charge in [-0.15, -0.1) is 0 Å². The zero-order chi connectivity index (χ0) is 14.1. The summed E-state index contributed by atoms with van der Waals surface area (Å²) < 4.78 is 5.11. The fourth-order valence-electron chi connectivity index (χ4n) is 1.90. The van der Waals surface area contributed by atoms with Crippen LogP contribution in [0.15, 0.2) is 24.3 Å². The third kappa shape index (κ3) is 5.75. The minimum atomic E-state index is 0.0212. The Balaban J connectivity index is 2.36. The molecule has 0 heterocycles. The van der Waals surface area contributed by atoms with Gasteiger partial charge in [0.1, 0.15) is 5.75 Å². The summed E-state index contributed by atoms with van der Waals surface area (Å²) in [4.78, 5) is 11.7.